The van der Waals surface area contributed by atoms with Crippen LogP contribution in [0.4, 0.5) is 10.1 Å². The van der Waals surface area contributed by atoms with Gasteiger partial charge in [0.2, 0.25) is 11.8 Å². The van der Waals surface area contributed by atoms with E-state index in [1.165, 1.54) is 27.6 Å². The summed E-state index contributed by atoms with van der Waals surface area (Å²) < 4.78 is 14.3. The molecule has 2 aliphatic rings. The highest BCUT2D eigenvalue weighted by Gasteiger charge is 2.30. The molecule has 1 fully saturated rings. The second-order valence-corrected chi connectivity index (χ2v) is 6.43. The number of rotatable bonds is 2. The maximum absolute atomic E-state index is 14.3. The minimum atomic E-state index is -0.347. The third kappa shape index (κ3) is 2.77. The minimum Gasteiger partial charge on any atom is -0.323 e. The summed E-state index contributed by atoms with van der Waals surface area (Å²) in [4.78, 5) is 27.1. The van der Waals surface area contributed by atoms with Crippen LogP contribution < -0.4 is 4.90 Å². The molecule has 0 aromatic heterocycles. The Morgan fingerprint density at radius 1 is 1.43 bits per heavy atom. The van der Waals surface area contributed by atoms with Crippen molar-refractivity contribution in [3.05, 3.63) is 29.1 Å². The van der Waals surface area contributed by atoms with E-state index in [1.807, 2.05) is 13.0 Å². The fourth-order valence-electron chi connectivity index (χ4n) is 2.88. The van der Waals surface area contributed by atoms with Gasteiger partial charge in [-0.2, -0.15) is 0 Å². The molecule has 112 valence electrons. The first kappa shape index (κ1) is 14.4. The fourth-order valence-corrected chi connectivity index (χ4v) is 3.78. The van der Waals surface area contributed by atoms with Crippen molar-refractivity contribution in [3.63, 3.8) is 0 Å². The number of nitrogens with zero attached hydrogens (tertiary/aromatic N) is 2. The van der Waals surface area contributed by atoms with E-state index in [-0.39, 0.29) is 24.2 Å². The molecule has 3 rings (SSSR count). The number of aryl methyl sites for hydroxylation is 2. The van der Waals surface area contributed by atoms with Crippen LogP contribution in [0.3, 0.4) is 0 Å². The number of hydrogen-bond donors (Lipinski definition) is 0. The number of amides is 2. The monoisotopic (exact) mass is 308 g/mol. The molecule has 4 nitrogen and oxygen atoms in total. The van der Waals surface area contributed by atoms with E-state index < -0.39 is 0 Å². The molecule has 6 heteroatoms. The number of carbonyl (C=O) groups is 2. The van der Waals surface area contributed by atoms with E-state index in [9.17, 15) is 14.0 Å². The van der Waals surface area contributed by atoms with Crippen LogP contribution in [-0.4, -0.2) is 41.4 Å². The molecule has 0 spiro atoms. The largest absolute Gasteiger partial charge is 0.323 e. The van der Waals surface area contributed by atoms with Crippen molar-refractivity contribution < 1.29 is 14.0 Å². The first-order chi connectivity index (χ1) is 10.1. The summed E-state index contributed by atoms with van der Waals surface area (Å²) in [6.07, 6.45) is 1.61. The van der Waals surface area contributed by atoms with E-state index in [1.54, 1.807) is 0 Å². The molecule has 0 radical (unpaired) electrons. The summed E-state index contributed by atoms with van der Waals surface area (Å²) in [7, 11) is 0. The van der Waals surface area contributed by atoms with Crippen molar-refractivity contribution in [1.29, 1.82) is 0 Å². The third-order valence-corrected chi connectivity index (χ3v) is 4.78. The van der Waals surface area contributed by atoms with Gasteiger partial charge in [-0.15, -0.1) is 11.8 Å². The molecule has 1 saturated heterocycles. The molecular formula is C15H17FN2O2S. The summed E-state index contributed by atoms with van der Waals surface area (Å²) in [6, 6.07) is 3.40. The lowest BCUT2D eigenvalue weighted by Gasteiger charge is -2.31. The molecule has 0 bridgehead atoms. The molecular weight excluding hydrogens is 291 g/mol. The van der Waals surface area contributed by atoms with Gasteiger partial charge in [-0.1, -0.05) is 6.07 Å². The number of halogens is 1. The van der Waals surface area contributed by atoms with Gasteiger partial charge < -0.3 is 9.80 Å². The van der Waals surface area contributed by atoms with E-state index in [2.05, 4.69) is 0 Å². The van der Waals surface area contributed by atoms with Crippen LogP contribution >= 0.6 is 11.8 Å². The second-order valence-electron chi connectivity index (χ2n) is 5.47. The van der Waals surface area contributed by atoms with Crippen molar-refractivity contribution in [2.75, 3.05) is 29.6 Å². The summed E-state index contributed by atoms with van der Waals surface area (Å²) in [6.45, 7) is 2.41. The van der Waals surface area contributed by atoms with E-state index in [0.29, 0.717) is 23.9 Å². The number of benzene rings is 1. The van der Waals surface area contributed by atoms with Gasteiger partial charge in [0.05, 0.1) is 17.3 Å². The van der Waals surface area contributed by atoms with Crippen LogP contribution in [0.1, 0.15) is 17.5 Å². The van der Waals surface area contributed by atoms with Crippen LogP contribution in [0.25, 0.3) is 0 Å². The van der Waals surface area contributed by atoms with E-state index in [4.69, 9.17) is 0 Å². The summed E-state index contributed by atoms with van der Waals surface area (Å²) in [5.41, 5.74) is 2.15. The van der Waals surface area contributed by atoms with Crippen LogP contribution in [0, 0.1) is 12.7 Å². The molecule has 1 aromatic carbocycles. The van der Waals surface area contributed by atoms with Crippen molar-refractivity contribution in [2.24, 2.45) is 0 Å². The molecule has 1 aromatic rings. The van der Waals surface area contributed by atoms with Crippen LogP contribution in [0.15, 0.2) is 12.1 Å². The maximum Gasteiger partial charge on any atom is 0.246 e. The maximum atomic E-state index is 14.3. The lowest BCUT2D eigenvalue weighted by Crippen LogP contribution is -2.43. The number of fused-ring (bicyclic) bond motifs is 1. The average molecular weight is 308 g/mol. The van der Waals surface area contributed by atoms with Gasteiger partial charge in [-0.3, -0.25) is 9.59 Å². The number of thioether (sulfide) groups is 1. The molecule has 0 atom stereocenters. The molecule has 2 heterocycles. The number of anilines is 1. The SMILES string of the molecule is Cc1cc(F)c2c(c1)CCCN2C(=O)CN1CSCC1=O. The third-order valence-electron chi connectivity index (χ3n) is 3.84. The van der Waals surface area contributed by atoms with Gasteiger partial charge in [-0.05, 0) is 37.0 Å². The van der Waals surface area contributed by atoms with Crippen molar-refractivity contribution >= 4 is 29.3 Å². The molecule has 0 saturated carbocycles. The first-order valence-corrected chi connectivity index (χ1v) is 8.16. The fraction of sp³-hybridized carbons (Fsp3) is 0.467. The van der Waals surface area contributed by atoms with Crippen LogP contribution in [-0.2, 0) is 16.0 Å². The lowest BCUT2D eigenvalue weighted by atomic mass is 9.99. The molecule has 21 heavy (non-hydrogen) atoms. The Morgan fingerprint density at radius 2 is 2.24 bits per heavy atom. The Labute approximate surface area is 127 Å². The van der Waals surface area contributed by atoms with Gasteiger partial charge in [0.1, 0.15) is 12.4 Å². The standard InChI is InChI=1S/C15H17FN2O2S/c1-10-5-11-3-2-4-18(15(11)12(16)6-10)13(19)7-17-9-21-8-14(17)20/h5-6H,2-4,7-9H2,1H3. The summed E-state index contributed by atoms with van der Waals surface area (Å²) >= 11 is 1.50. The predicted molar refractivity (Wildman–Crippen MR) is 80.8 cm³/mol. The molecule has 2 amide bonds. The Kier molecular flexibility index (Phi) is 3.89. The Balaban J connectivity index is 1.84. The zero-order valence-electron chi connectivity index (χ0n) is 11.9. The van der Waals surface area contributed by atoms with Gasteiger partial charge in [0.25, 0.3) is 0 Å². The number of carbonyl (C=O) groups excluding carboxylic acids is 2. The highest BCUT2D eigenvalue weighted by atomic mass is 32.2. The quantitative estimate of drug-likeness (QED) is 0.838. The van der Waals surface area contributed by atoms with Crippen molar-refractivity contribution in [2.45, 2.75) is 19.8 Å². The Hall–Kier alpha value is -1.56. The van der Waals surface area contributed by atoms with E-state index in [0.717, 1.165) is 24.0 Å². The zero-order valence-corrected chi connectivity index (χ0v) is 12.7. The molecule has 0 aliphatic carbocycles. The normalized spacial score (nSPS) is 18.1. The Bertz CT molecular complexity index is 606. The van der Waals surface area contributed by atoms with Crippen molar-refractivity contribution in [1.82, 2.24) is 4.90 Å². The highest BCUT2D eigenvalue weighted by Crippen LogP contribution is 2.31. The van der Waals surface area contributed by atoms with Crippen LogP contribution in [0.5, 0.6) is 0 Å². The van der Waals surface area contributed by atoms with Gasteiger partial charge >= 0.3 is 0 Å². The van der Waals surface area contributed by atoms with Crippen LogP contribution in [0.2, 0.25) is 0 Å². The summed E-state index contributed by atoms with van der Waals surface area (Å²) in [5.74, 6) is 0.406. The molecule has 2 aliphatic heterocycles. The number of hydrogen-bond acceptors (Lipinski definition) is 3. The smallest absolute Gasteiger partial charge is 0.246 e. The zero-order chi connectivity index (χ0) is 15.0. The van der Waals surface area contributed by atoms with Gasteiger partial charge in [0, 0.05) is 6.54 Å². The average Bonchev–Trinajstić information content (AvgIpc) is 2.83. The molecule has 0 N–H and O–H groups in total. The second kappa shape index (κ2) is 5.67. The van der Waals surface area contributed by atoms with Crippen molar-refractivity contribution in [3.8, 4) is 0 Å². The highest BCUT2D eigenvalue weighted by molar-refractivity contribution is 8.00. The van der Waals surface area contributed by atoms with E-state index >= 15 is 0 Å². The minimum absolute atomic E-state index is 0.0186. The first-order valence-electron chi connectivity index (χ1n) is 7.01. The molecule has 0 unspecified atom stereocenters. The lowest BCUT2D eigenvalue weighted by molar-refractivity contribution is -0.131. The summed E-state index contributed by atoms with van der Waals surface area (Å²) in [5, 5.41) is 0. The predicted octanol–water partition coefficient (Wildman–Crippen LogP) is 1.95. The Morgan fingerprint density at radius 3 is 2.95 bits per heavy atom. The van der Waals surface area contributed by atoms with Gasteiger partial charge in [0.15, 0.2) is 0 Å². The topological polar surface area (TPSA) is 40.6 Å². The van der Waals surface area contributed by atoms with Gasteiger partial charge in [-0.25, -0.2) is 4.39 Å².